The average molecular weight is 442 g/mol. The lowest BCUT2D eigenvalue weighted by molar-refractivity contribution is -0.132. The first-order chi connectivity index (χ1) is 14.8. The third-order valence-electron chi connectivity index (χ3n) is 4.90. The highest BCUT2D eigenvalue weighted by Gasteiger charge is 2.47. The summed E-state index contributed by atoms with van der Waals surface area (Å²) in [4.78, 5) is 26.7. The van der Waals surface area contributed by atoms with E-state index in [-0.39, 0.29) is 33.2 Å². The number of Topliss-reactive ketones (excluding diaryl/α,β-unsaturated/α-hetero) is 1. The van der Waals surface area contributed by atoms with Gasteiger partial charge < -0.3 is 10.2 Å². The van der Waals surface area contributed by atoms with Gasteiger partial charge in [0, 0.05) is 16.7 Å². The lowest BCUT2D eigenvalue weighted by Crippen LogP contribution is -2.30. The number of carbonyl (C=O) groups excluding carboxylic acids is 2. The van der Waals surface area contributed by atoms with Crippen LogP contribution in [0.3, 0.4) is 0 Å². The Morgan fingerprint density at radius 2 is 1.71 bits per heavy atom. The molecule has 1 heterocycles. The van der Waals surface area contributed by atoms with Gasteiger partial charge in [-0.15, -0.1) is 0 Å². The summed E-state index contributed by atoms with van der Waals surface area (Å²) in [5, 5.41) is 21.1. The molecule has 2 N–H and O–H groups in total. The number of amides is 1. The molecule has 1 unspecified atom stereocenters. The Kier molecular flexibility index (Phi) is 5.20. The summed E-state index contributed by atoms with van der Waals surface area (Å²) in [5.74, 6) is -4.76. The molecule has 1 aliphatic heterocycles. The van der Waals surface area contributed by atoms with Crippen LogP contribution in [-0.4, -0.2) is 21.9 Å². The predicted octanol–water partition coefficient (Wildman–Crippen LogP) is 4.95. The number of ketones is 1. The highest BCUT2D eigenvalue weighted by atomic mass is 35.5. The van der Waals surface area contributed by atoms with Crippen LogP contribution >= 0.6 is 11.6 Å². The molecule has 8 heteroatoms. The summed E-state index contributed by atoms with van der Waals surface area (Å²) >= 11 is 5.98. The molecule has 4 rings (SSSR count). The number of aromatic hydroxyl groups is 1. The molecular formula is C23H14ClF2NO4. The SMILES string of the molecule is O=C1C(=O)N(c2ccc(F)cc2F)C(c2cccc(O)c2)/C1=C(\O)c1cccc(Cl)c1. The minimum atomic E-state index is -1.27. The normalized spacial score (nSPS) is 17.9. The molecule has 3 aromatic carbocycles. The summed E-state index contributed by atoms with van der Waals surface area (Å²) in [6.07, 6.45) is 0. The third-order valence-corrected chi connectivity index (χ3v) is 5.13. The summed E-state index contributed by atoms with van der Waals surface area (Å²) in [5.41, 5.74) is -0.245. The fourth-order valence-corrected chi connectivity index (χ4v) is 3.75. The molecule has 1 saturated heterocycles. The van der Waals surface area contributed by atoms with Crippen molar-refractivity contribution < 1.29 is 28.6 Å². The Hall–Kier alpha value is -3.71. The number of hydrogen-bond donors (Lipinski definition) is 2. The number of carbonyl (C=O) groups is 2. The van der Waals surface area contributed by atoms with E-state index in [0.29, 0.717) is 6.07 Å². The van der Waals surface area contributed by atoms with Crippen LogP contribution in [0.5, 0.6) is 5.75 Å². The van der Waals surface area contributed by atoms with Crippen molar-refractivity contribution in [3.8, 4) is 5.75 Å². The number of phenols is 1. The molecule has 0 saturated carbocycles. The van der Waals surface area contributed by atoms with Crippen molar-refractivity contribution in [3.63, 3.8) is 0 Å². The van der Waals surface area contributed by atoms with Crippen LogP contribution in [0.25, 0.3) is 5.76 Å². The summed E-state index contributed by atoms with van der Waals surface area (Å²) in [6.45, 7) is 0. The van der Waals surface area contributed by atoms with Crippen molar-refractivity contribution in [2.75, 3.05) is 4.90 Å². The van der Waals surface area contributed by atoms with E-state index in [4.69, 9.17) is 11.6 Å². The maximum Gasteiger partial charge on any atom is 0.300 e. The monoisotopic (exact) mass is 441 g/mol. The van der Waals surface area contributed by atoms with Crippen LogP contribution in [0.1, 0.15) is 17.2 Å². The third kappa shape index (κ3) is 3.64. The number of phenolic OH excluding ortho intramolecular Hbond substituents is 1. The molecule has 1 fully saturated rings. The Balaban J connectivity index is 1.99. The van der Waals surface area contributed by atoms with Crippen molar-refractivity contribution in [3.05, 3.63) is 100 Å². The van der Waals surface area contributed by atoms with Crippen molar-refractivity contribution in [2.45, 2.75) is 6.04 Å². The van der Waals surface area contributed by atoms with Gasteiger partial charge in [0.25, 0.3) is 11.7 Å². The molecule has 0 radical (unpaired) electrons. The molecule has 0 bridgehead atoms. The first-order valence-corrected chi connectivity index (χ1v) is 9.46. The van der Waals surface area contributed by atoms with E-state index in [1.807, 2.05) is 0 Å². The number of anilines is 1. The van der Waals surface area contributed by atoms with Gasteiger partial charge in [-0.05, 0) is 42.0 Å². The van der Waals surface area contributed by atoms with Gasteiger partial charge in [0.15, 0.2) is 0 Å². The van der Waals surface area contributed by atoms with Gasteiger partial charge >= 0.3 is 0 Å². The number of nitrogens with zero attached hydrogens (tertiary/aromatic N) is 1. The fraction of sp³-hybridized carbons (Fsp3) is 0.0435. The van der Waals surface area contributed by atoms with Crippen LogP contribution in [0, 0.1) is 11.6 Å². The van der Waals surface area contributed by atoms with Gasteiger partial charge in [0.05, 0.1) is 17.3 Å². The zero-order valence-corrected chi connectivity index (χ0v) is 16.5. The summed E-state index contributed by atoms with van der Waals surface area (Å²) < 4.78 is 28.0. The molecule has 1 aliphatic rings. The zero-order valence-electron chi connectivity index (χ0n) is 15.7. The second-order valence-corrected chi connectivity index (χ2v) is 7.31. The maximum atomic E-state index is 14.6. The van der Waals surface area contributed by atoms with Crippen LogP contribution in [0.4, 0.5) is 14.5 Å². The molecule has 5 nitrogen and oxygen atoms in total. The second kappa shape index (κ2) is 7.85. The topological polar surface area (TPSA) is 77.8 Å². The molecule has 156 valence electrons. The first-order valence-electron chi connectivity index (χ1n) is 9.09. The van der Waals surface area contributed by atoms with Crippen LogP contribution in [0.15, 0.2) is 72.3 Å². The van der Waals surface area contributed by atoms with E-state index in [0.717, 1.165) is 17.0 Å². The highest BCUT2D eigenvalue weighted by Crippen LogP contribution is 2.43. The predicted molar refractivity (Wildman–Crippen MR) is 111 cm³/mol. The lowest BCUT2D eigenvalue weighted by Gasteiger charge is -2.25. The van der Waals surface area contributed by atoms with E-state index in [9.17, 15) is 28.6 Å². The molecule has 1 amide bonds. The van der Waals surface area contributed by atoms with E-state index in [2.05, 4.69) is 0 Å². The van der Waals surface area contributed by atoms with Gasteiger partial charge in [0.1, 0.15) is 23.1 Å². The maximum absolute atomic E-state index is 14.6. The smallest absolute Gasteiger partial charge is 0.300 e. The van der Waals surface area contributed by atoms with Crippen LogP contribution in [-0.2, 0) is 9.59 Å². The molecule has 3 aromatic rings. The molecule has 0 aliphatic carbocycles. The van der Waals surface area contributed by atoms with E-state index in [1.165, 1.54) is 36.4 Å². The number of rotatable bonds is 3. The lowest BCUT2D eigenvalue weighted by atomic mass is 9.95. The van der Waals surface area contributed by atoms with E-state index >= 15 is 0 Å². The molecular weight excluding hydrogens is 428 g/mol. The Morgan fingerprint density at radius 3 is 2.39 bits per heavy atom. The molecule has 0 aromatic heterocycles. The van der Waals surface area contributed by atoms with Crippen molar-refractivity contribution in [1.82, 2.24) is 0 Å². The van der Waals surface area contributed by atoms with Crippen molar-refractivity contribution in [2.24, 2.45) is 0 Å². The number of aliphatic hydroxyl groups is 1. The minimum absolute atomic E-state index is 0.162. The first kappa shape index (κ1) is 20.6. The quantitative estimate of drug-likeness (QED) is 0.342. The van der Waals surface area contributed by atoms with Gasteiger partial charge in [-0.25, -0.2) is 8.78 Å². The largest absolute Gasteiger partial charge is 0.508 e. The van der Waals surface area contributed by atoms with Crippen LogP contribution < -0.4 is 4.90 Å². The highest BCUT2D eigenvalue weighted by molar-refractivity contribution is 6.51. The van der Waals surface area contributed by atoms with Gasteiger partial charge in [0.2, 0.25) is 0 Å². The Bertz CT molecular complexity index is 1260. The fourth-order valence-electron chi connectivity index (χ4n) is 3.56. The second-order valence-electron chi connectivity index (χ2n) is 6.87. The number of halogens is 3. The Morgan fingerprint density at radius 1 is 0.968 bits per heavy atom. The molecule has 0 spiro atoms. The van der Waals surface area contributed by atoms with E-state index in [1.54, 1.807) is 12.1 Å². The number of aliphatic hydroxyl groups excluding tert-OH is 1. The van der Waals surface area contributed by atoms with E-state index < -0.39 is 35.1 Å². The Labute approximate surface area is 180 Å². The average Bonchev–Trinajstić information content (AvgIpc) is 2.98. The zero-order chi connectivity index (χ0) is 22.3. The molecule has 1 atom stereocenters. The van der Waals surface area contributed by atoms with Crippen molar-refractivity contribution >= 4 is 34.7 Å². The molecule has 31 heavy (non-hydrogen) atoms. The van der Waals surface area contributed by atoms with Crippen LogP contribution in [0.2, 0.25) is 5.02 Å². The van der Waals surface area contributed by atoms with Gasteiger partial charge in [-0.1, -0.05) is 35.9 Å². The van der Waals surface area contributed by atoms with Crippen molar-refractivity contribution in [1.29, 1.82) is 0 Å². The summed E-state index contributed by atoms with van der Waals surface area (Å²) in [6, 6.07) is 13.0. The summed E-state index contributed by atoms with van der Waals surface area (Å²) in [7, 11) is 0. The standard InChI is InChI=1S/C23H14ClF2NO4/c24-14-5-1-4-13(9-14)21(29)19-20(12-3-2-6-16(28)10-12)27(23(31)22(19)30)18-8-7-15(25)11-17(18)26/h1-11,20,28-29H/b21-19+. The minimum Gasteiger partial charge on any atom is -0.508 e. The van der Waals surface area contributed by atoms with Gasteiger partial charge in [-0.2, -0.15) is 0 Å². The number of benzene rings is 3. The van der Waals surface area contributed by atoms with Gasteiger partial charge in [-0.3, -0.25) is 14.5 Å². The number of hydrogen-bond acceptors (Lipinski definition) is 4.